The monoisotopic (exact) mass is 188 g/mol. The highest BCUT2D eigenvalue weighted by Crippen LogP contribution is 2.09. The van der Waals surface area contributed by atoms with Gasteiger partial charge in [-0.2, -0.15) is 11.8 Å². The Morgan fingerprint density at radius 3 is 2.75 bits per heavy atom. The zero-order valence-corrected chi connectivity index (χ0v) is 7.98. The van der Waals surface area contributed by atoms with Gasteiger partial charge in [-0.05, 0) is 13.2 Å². The Balaban J connectivity index is 2.59. The lowest BCUT2D eigenvalue weighted by molar-refractivity contribution is -0.126. The summed E-state index contributed by atoms with van der Waals surface area (Å²) >= 11 is 1.63. The second kappa shape index (κ2) is 3.80. The van der Waals surface area contributed by atoms with E-state index in [9.17, 15) is 9.59 Å². The fourth-order valence-corrected chi connectivity index (χ4v) is 1.83. The molecular weight excluding hydrogens is 176 g/mol. The number of carbonyl (C=O) groups is 2. The van der Waals surface area contributed by atoms with Crippen LogP contribution in [0.2, 0.25) is 0 Å². The van der Waals surface area contributed by atoms with Crippen LogP contribution < -0.4 is 5.32 Å². The normalized spacial score (nSPS) is 19.7. The van der Waals surface area contributed by atoms with Crippen molar-refractivity contribution in [3.8, 4) is 0 Å². The molecule has 1 aliphatic rings. The van der Waals surface area contributed by atoms with Crippen LogP contribution in [0.4, 0.5) is 4.79 Å². The Morgan fingerprint density at radius 1 is 1.67 bits per heavy atom. The maximum Gasteiger partial charge on any atom is 0.324 e. The van der Waals surface area contributed by atoms with Gasteiger partial charge in [0.25, 0.3) is 0 Å². The van der Waals surface area contributed by atoms with Crippen LogP contribution in [-0.2, 0) is 4.79 Å². The Hall–Kier alpha value is -0.710. The summed E-state index contributed by atoms with van der Waals surface area (Å²) in [4.78, 5) is 23.5. The summed E-state index contributed by atoms with van der Waals surface area (Å²) in [5.41, 5.74) is 0. The number of amides is 3. The summed E-state index contributed by atoms with van der Waals surface area (Å²) < 4.78 is 0. The largest absolute Gasteiger partial charge is 0.329 e. The molecule has 12 heavy (non-hydrogen) atoms. The van der Waals surface area contributed by atoms with E-state index in [-0.39, 0.29) is 24.5 Å². The average Bonchev–Trinajstić information content (AvgIpc) is 2.32. The third kappa shape index (κ3) is 1.72. The molecule has 1 rings (SSSR count). The van der Waals surface area contributed by atoms with Crippen molar-refractivity contribution in [1.29, 1.82) is 0 Å². The highest BCUT2D eigenvalue weighted by atomic mass is 32.2. The number of nitrogens with zero attached hydrogens (tertiary/aromatic N) is 1. The van der Waals surface area contributed by atoms with Gasteiger partial charge in [-0.3, -0.25) is 9.69 Å². The number of hydrogen-bond acceptors (Lipinski definition) is 3. The minimum atomic E-state index is -0.262. The minimum Gasteiger partial charge on any atom is -0.329 e. The molecular formula is C7H12N2O2S. The van der Waals surface area contributed by atoms with Crippen molar-refractivity contribution in [1.82, 2.24) is 10.2 Å². The first-order chi connectivity index (χ1) is 5.66. The highest BCUT2D eigenvalue weighted by molar-refractivity contribution is 7.98. The van der Waals surface area contributed by atoms with Gasteiger partial charge < -0.3 is 5.32 Å². The third-order valence-electron chi connectivity index (χ3n) is 1.73. The average molecular weight is 188 g/mol. The zero-order chi connectivity index (χ0) is 9.14. The molecule has 1 aliphatic heterocycles. The predicted molar refractivity (Wildman–Crippen MR) is 48.1 cm³/mol. The van der Waals surface area contributed by atoms with Gasteiger partial charge in [-0.25, -0.2) is 4.79 Å². The quantitative estimate of drug-likeness (QED) is 0.648. The summed E-state index contributed by atoms with van der Waals surface area (Å²) in [6.07, 6.45) is 1.95. The molecule has 0 bridgehead atoms. The summed E-state index contributed by atoms with van der Waals surface area (Å²) in [5, 5.41) is 2.49. The summed E-state index contributed by atoms with van der Waals surface area (Å²) in [6, 6.07) is -0.267. The molecule has 1 heterocycles. The van der Waals surface area contributed by atoms with Crippen LogP contribution in [0.3, 0.4) is 0 Å². The van der Waals surface area contributed by atoms with Crippen molar-refractivity contribution >= 4 is 23.7 Å². The van der Waals surface area contributed by atoms with Gasteiger partial charge in [0.1, 0.15) is 0 Å². The van der Waals surface area contributed by atoms with Gasteiger partial charge in [0.2, 0.25) is 5.91 Å². The molecule has 0 saturated carbocycles. The number of nitrogens with one attached hydrogen (secondary N) is 1. The Kier molecular flexibility index (Phi) is 2.97. The Morgan fingerprint density at radius 2 is 2.33 bits per heavy atom. The van der Waals surface area contributed by atoms with E-state index in [0.717, 1.165) is 5.75 Å². The smallest absolute Gasteiger partial charge is 0.324 e. The molecule has 1 N–H and O–H groups in total. The zero-order valence-electron chi connectivity index (χ0n) is 7.16. The van der Waals surface area contributed by atoms with Crippen molar-refractivity contribution in [2.24, 2.45) is 0 Å². The molecule has 1 fully saturated rings. The maximum absolute atomic E-state index is 11.1. The van der Waals surface area contributed by atoms with Gasteiger partial charge in [0.15, 0.2) is 0 Å². The van der Waals surface area contributed by atoms with Gasteiger partial charge in [-0.1, -0.05) is 0 Å². The van der Waals surface area contributed by atoms with Crippen LogP contribution >= 0.6 is 11.8 Å². The third-order valence-corrected chi connectivity index (χ3v) is 2.54. The van der Waals surface area contributed by atoms with Crippen LogP contribution in [-0.4, -0.2) is 41.4 Å². The Labute approximate surface area is 75.7 Å². The van der Waals surface area contributed by atoms with E-state index < -0.39 is 0 Å². The van der Waals surface area contributed by atoms with E-state index in [2.05, 4.69) is 5.32 Å². The lowest BCUT2D eigenvalue weighted by atomic mass is 10.3. The number of rotatable bonds is 3. The summed E-state index contributed by atoms with van der Waals surface area (Å²) in [5.74, 6) is 0.667. The summed E-state index contributed by atoms with van der Waals surface area (Å²) in [6.45, 7) is 2.02. The molecule has 4 nitrogen and oxygen atoms in total. The van der Waals surface area contributed by atoms with E-state index >= 15 is 0 Å². The van der Waals surface area contributed by atoms with E-state index in [0.29, 0.717) is 0 Å². The minimum absolute atomic E-state index is 0.00463. The van der Waals surface area contributed by atoms with Crippen LogP contribution in [0.1, 0.15) is 6.92 Å². The molecule has 1 unspecified atom stereocenters. The molecule has 1 saturated heterocycles. The van der Waals surface area contributed by atoms with E-state index in [1.54, 1.807) is 11.8 Å². The number of imide groups is 1. The Bertz CT molecular complexity index is 192. The SMILES string of the molecule is CSCC(C)N1C(=O)CNC1=O. The van der Waals surface area contributed by atoms with Crippen LogP contribution in [0.5, 0.6) is 0 Å². The molecule has 0 aromatic rings. The molecule has 0 aromatic heterocycles. The van der Waals surface area contributed by atoms with Gasteiger partial charge in [-0.15, -0.1) is 0 Å². The van der Waals surface area contributed by atoms with Crippen molar-refractivity contribution in [2.75, 3.05) is 18.6 Å². The first-order valence-electron chi connectivity index (χ1n) is 3.75. The second-order valence-electron chi connectivity index (χ2n) is 2.73. The molecule has 5 heteroatoms. The van der Waals surface area contributed by atoms with Gasteiger partial charge in [0.05, 0.1) is 6.54 Å². The van der Waals surface area contributed by atoms with Crippen molar-refractivity contribution in [3.63, 3.8) is 0 Å². The highest BCUT2D eigenvalue weighted by Gasteiger charge is 2.31. The first kappa shape index (κ1) is 9.38. The topological polar surface area (TPSA) is 49.4 Å². The number of hydrogen-bond donors (Lipinski definition) is 1. The van der Waals surface area contributed by atoms with Crippen LogP contribution in [0, 0.1) is 0 Å². The molecule has 3 amide bonds. The molecule has 0 aliphatic carbocycles. The molecule has 0 radical (unpaired) electrons. The second-order valence-corrected chi connectivity index (χ2v) is 3.64. The van der Waals surface area contributed by atoms with E-state index in [1.165, 1.54) is 4.90 Å². The molecule has 0 aromatic carbocycles. The predicted octanol–water partition coefficient (Wildman–Crippen LogP) is 0.290. The van der Waals surface area contributed by atoms with Crippen LogP contribution in [0.15, 0.2) is 0 Å². The fourth-order valence-electron chi connectivity index (χ4n) is 1.20. The number of carbonyl (C=O) groups excluding carboxylic acids is 2. The summed E-state index contributed by atoms with van der Waals surface area (Å²) in [7, 11) is 0. The van der Waals surface area contributed by atoms with Crippen molar-refractivity contribution < 1.29 is 9.59 Å². The molecule has 0 spiro atoms. The van der Waals surface area contributed by atoms with Crippen molar-refractivity contribution in [3.05, 3.63) is 0 Å². The molecule has 1 atom stereocenters. The van der Waals surface area contributed by atoms with Crippen LogP contribution in [0.25, 0.3) is 0 Å². The maximum atomic E-state index is 11.1. The van der Waals surface area contributed by atoms with E-state index in [4.69, 9.17) is 0 Å². The lowest BCUT2D eigenvalue weighted by Gasteiger charge is -2.19. The fraction of sp³-hybridized carbons (Fsp3) is 0.714. The van der Waals surface area contributed by atoms with E-state index in [1.807, 2.05) is 13.2 Å². The first-order valence-corrected chi connectivity index (χ1v) is 5.15. The standard InChI is InChI=1S/C7H12N2O2S/c1-5(4-12-2)9-6(10)3-8-7(9)11/h5H,3-4H2,1-2H3,(H,8,11). The number of urea groups is 1. The van der Waals surface area contributed by atoms with Gasteiger partial charge >= 0.3 is 6.03 Å². The lowest BCUT2D eigenvalue weighted by Crippen LogP contribution is -2.40. The van der Waals surface area contributed by atoms with Crippen molar-refractivity contribution in [2.45, 2.75) is 13.0 Å². The number of thioether (sulfide) groups is 1. The molecule has 68 valence electrons. The van der Waals surface area contributed by atoms with Gasteiger partial charge in [0, 0.05) is 11.8 Å².